The fraction of sp³-hybridized carbons (Fsp3) is 0.947. The number of piperidine rings is 2. The molecule has 0 aromatic carbocycles. The molecule has 0 saturated carbocycles. The summed E-state index contributed by atoms with van der Waals surface area (Å²) >= 11 is 1.90. The van der Waals surface area contributed by atoms with Gasteiger partial charge in [-0.1, -0.05) is 6.92 Å². The Labute approximate surface area is 179 Å². The van der Waals surface area contributed by atoms with E-state index in [1.165, 1.54) is 15.0 Å². The van der Waals surface area contributed by atoms with Crippen molar-refractivity contribution in [1.29, 1.82) is 0 Å². The van der Waals surface area contributed by atoms with Crippen LogP contribution in [0.25, 0.3) is 0 Å². The summed E-state index contributed by atoms with van der Waals surface area (Å²) in [7, 11) is -3.56. The zero-order valence-electron chi connectivity index (χ0n) is 17.4. The summed E-state index contributed by atoms with van der Waals surface area (Å²) < 4.78 is 40.6. The molecule has 0 unspecified atom stereocenters. The number of nitrogens with one attached hydrogen (secondary N) is 1. The summed E-state index contributed by atoms with van der Waals surface area (Å²) in [5.41, 5.74) is 0. The molecule has 3 fully saturated rings. The normalized spacial score (nSPS) is 26.0. The lowest BCUT2D eigenvalue weighted by molar-refractivity contribution is -0.179. The van der Waals surface area contributed by atoms with E-state index in [1.54, 1.807) is 0 Å². The first-order chi connectivity index (χ1) is 14.0. The molecular weight excluding hydrogens is 414 g/mol. The quantitative estimate of drug-likeness (QED) is 0.536. The monoisotopic (exact) mass is 449 g/mol. The van der Waals surface area contributed by atoms with Crippen LogP contribution in [0.3, 0.4) is 0 Å². The first-order valence-corrected chi connectivity index (χ1v) is 13.4. The molecule has 1 N–H and O–H groups in total. The van der Waals surface area contributed by atoms with E-state index in [9.17, 15) is 13.2 Å². The summed E-state index contributed by atoms with van der Waals surface area (Å²) in [6.45, 7) is 5.51. The van der Waals surface area contributed by atoms with Crippen LogP contribution in [0.15, 0.2) is 0 Å². The number of carbonyl (C=O) groups is 1. The van der Waals surface area contributed by atoms with Crippen LogP contribution in [-0.2, 0) is 24.5 Å². The zero-order chi connectivity index (χ0) is 20.7. The van der Waals surface area contributed by atoms with E-state index in [4.69, 9.17) is 9.47 Å². The third kappa shape index (κ3) is 6.07. The van der Waals surface area contributed by atoms with Gasteiger partial charge in [0, 0.05) is 45.6 Å². The molecular formula is C19H35N3O5S2. The fourth-order valence-corrected chi connectivity index (χ4v) is 6.69. The van der Waals surface area contributed by atoms with Gasteiger partial charge in [-0.05, 0) is 37.2 Å². The van der Waals surface area contributed by atoms with E-state index in [1.807, 2.05) is 11.8 Å². The van der Waals surface area contributed by atoms with Crippen LogP contribution in [0, 0.1) is 5.92 Å². The van der Waals surface area contributed by atoms with Crippen LogP contribution in [0.2, 0.25) is 0 Å². The minimum absolute atomic E-state index is 0.0178. The molecule has 3 aliphatic heterocycles. The summed E-state index contributed by atoms with van der Waals surface area (Å²) in [6, 6.07) is 0. The van der Waals surface area contributed by atoms with Crippen LogP contribution in [-0.4, -0.2) is 86.2 Å². The Balaban J connectivity index is 1.46. The number of hydrogen-bond donors (Lipinski definition) is 1. The lowest BCUT2D eigenvalue weighted by Gasteiger charge is -2.40. The third-order valence-corrected chi connectivity index (χ3v) is 9.09. The van der Waals surface area contributed by atoms with Crippen molar-refractivity contribution in [2.45, 2.75) is 51.2 Å². The van der Waals surface area contributed by atoms with Crippen molar-refractivity contribution in [3.63, 3.8) is 0 Å². The number of thioether (sulfide) groups is 1. The molecule has 1 spiro atoms. The second-order valence-electron chi connectivity index (χ2n) is 7.97. The van der Waals surface area contributed by atoms with Crippen LogP contribution in [0.5, 0.6) is 0 Å². The van der Waals surface area contributed by atoms with Crippen molar-refractivity contribution in [3.05, 3.63) is 0 Å². The molecule has 29 heavy (non-hydrogen) atoms. The summed E-state index contributed by atoms with van der Waals surface area (Å²) in [4.78, 5) is 12.5. The minimum atomic E-state index is -3.56. The molecule has 1 atom stereocenters. The molecule has 168 valence electrons. The van der Waals surface area contributed by atoms with Gasteiger partial charge in [0.05, 0.1) is 19.1 Å². The van der Waals surface area contributed by atoms with E-state index >= 15 is 0 Å². The van der Waals surface area contributed by atoms with Gasteiger partial charge in [-0.3, -0.25) is 4.79 Å². The second-order valence-corrected chi connectivity index (χ2v) is 11.1. The van der Waals surface area contributed by atoms with E-state index < -0.39 is 16.0 Å². The Kier molecular flexibility index (Phi) is 8.64. The largest absolute Gasteiger partial charge is 0.356 e. The van der Waals surface area contributed by atoms with Crippen LogP contribution < -0.4 is 5.32 Å². The fourth-order valence-electron chi connectivity index (χ4n) is 4.15. The molecule has 10 heteroatoms. The summed E-state index contributed by atoms with van der Waals surface area (Å²) in [5, 5.41) is 2.99. The topological polar surface area (TPSA) is 88.2 Å². The van der Waals surface area contributed by atoms with Crippen LogP contribution in [0.4, 0.5) is 0 Å². The highest BCUT2D eigenvalue weighted by Gasteiger charge is 2.44. The number of amides is 1. The van der Waals surface area contributed by atoms with E-state index in [0.717, 1.165) is 24.3 Å². The lowest BCUT2D eigenvalue weighted by Crippen LogP contribution is -2.54. The van der Waals surface area contributed by atoms with E-state index in [0.29, 0.717) is 58.7 Å². The first-order valence-electron chi connectivity index (χ1n) is 10.9. The van der Waals surface area contributed by atoms with Crippen LogP contribution >= 0.6 is 11.8 Å². The Hall–Kier alpha value is -0.390. The number of hydrogen-bond acceptors (Lipinski definition) is 6. The smallest absolute Gasteiger partial charge is 0.282 e. The SMILES string of the molecule is CCCSCCCNC(=O)[C@@H]1CCCN(S(=O)(=O)N2CCC3(CC2)OCCO3)C1. The van der Waals surface area contributed by atoms with Gasteiger partial charge in [-0.15, -0.1) is 0 Å². The average Bonchev–Trinajstić information content (AvgIpc) is 3.18. The number of ether oxygens (including phenoxy) is 2. The van der Waals surface area contributed by atoms with Gasteiger partial charge in [0.15, 0.2) is 5.79 Å². The molecule has 3 aliphatic rings. The molecule has 0 bridgehead atoms. The molecule has 3 heterocycles. The van der Waals surface area contributed by atoms with Gasteiger partial charge in [0.2, 0.25) is 5.91 Å². The number of carbonyl (C=O) groups excluding carboxylic acids is 1. The minimum Gasteiger partial charge on any atom is -0.356 e. The Bertz CT molecular complexity index is 630. The van der Waals surface area contributed by atoms with Crippen molar-refractivity contribution in [2.24, 2.45) is 5.92 Å². The van der Waals surface area contributed by atoms with E-state index in [2.05, 4.69) is 12.2 Å². The summed E-state index contributed by atoms with van der Waals surface area (Å²) in [6.07, 6.45) is 4.69. The molecule has 0 radical (unpaired) electrons. The standard InChI is InChI=1S/C19H35N3O5S2/c1-2-14-28-15-4-8-20-18(23)17-5-3-9-22(16-17)29(24,25)21-10-6-19(7-11-21)26-12-13-27-19/h17H,2-16H2,1H3,(H,20,23)/t17-/m1/s1. The van der Waals surface area contributed by atoms with Crippen molar-refractivity contribution < 1.29 is 22.7 Å². The highest BCUT2D eigenvalue weighted by Crippen LogP contribution is 2.33. The van der Waals surface area contributed by atoms with Gasteiger partial charge in [0.25, 0.3) is 10.2 Å². The first kappa shape index (κ1) is 23.3. The Morgan fingerprint density at radius 1 is 1.14 bits per heavy atom. The molecule has 8 nitrogen and oxygen atoms in total. The van der Waals surface area contributed by atoms with Gasteiger partial charge in [-0.25, -0.2) is 0 Å². The summed E-state index contributed by atoms with van der Waals surface area (Å²) in [5.74, 6) is 1.32. The van der Waals surface area contributed by atoms with Crippen molar-refractivity contribution >= 4 is 27.9 Å². The molecule has 0 aromatic rings. The second kappa shape index (κ2) is 10.8. The zero-order valence-corrected chi connectivity index (χ0v) is 19.1. The number of nitrogens with zero attached hydrogens (tertiary/aromatic N) is 2. The molecule has 3 rings (SSSR count). The maximum absolute atomic E-state index is 13.1. The van der Waals surface area contributed by atoms with Gasteiger partial charge >= 0.3 is 0 Å². The van der Waals surface area contributed by atoms with Crippen molar-refractivity contribution in [1.82, 2.24) is 13.9 Å². The predicted octanol–water partition coefficient (Wildman–Crippen LogP) is 1.43. The van der Waals surface area contributed by atoms with Crippen molar-refractivity contribution in [3.8, 4) is 0 Å². The molecule has 0 aromatic heterocycles. The maximum atomic E-state index is 13.1. The van der Waals surface area contributed by atoms with Gasteiger partial charge in [-0.2, -0.15) is 28.8 Å². The molecule has 3 saturated heterocycles. The van der Waals surface area contributed by atoms with Gasteiger partial charge < -0.3 is 14.8 Å². The molecule has 0 aliphatic carbocycles. The average molecular weight is 450 g/mol. The maximum Gasteiger partial charge on any atom is 0.282 e. The lowest BCUT2D eigenvalue weighted by atomic mass is 9.99. The van der Waals surface area contributed by atoms with E-state index in [-0.39, 0.29) is 18.4 Å². The highest BCUT2D eigenvalue weighted by atomic mass is 32.2. The third-order valence-electron chi connectivity index (χ3n) is 5.82. The number of rotatable bonds is 9. The van der Waals surface area contributed by atoms with Crippen molar-refractivity contribution in [2.75, 3.05) is 57.4 Å². The predicted molar refractivity (Wildman–Crippen MR) is 114 cm³/mol. The highest BCUT2D eigenvalue weighted by molar-refractivity contribution is 7.99. The van der Waals surface area contributed by atoms with Crippen LogP contribution in [0.1, 0.15) is 45.4 Å². The molecule has 1 amide bonds. The Morgan fingerprint density at radius 3 is 2.55 bits per heavy atom. The Morgan fingerprint density at radius 2 is 1.86 bits per heavy atom. The van der Waals surface area contributed by atoms with Gasteiger partial charge in [0.1, 0.15) is 0 Å².